The van der Waals surface area contributed by atoms with Crippen molar-refractivity contribution in [3.8, 4) is 0 Å². The predicted octanol–water partition coefficient (Wildman–Crippen LogP) is -2.74. The van der Waals surface area contributed by atoms with Gasteiger partial charge in [0.1, 0.15) is 0 Å². The van der Waals surface area contributed by atoms with Gasteiger partial charge >= 0.3 is 27.3 Å². The Bertz CT molecular complexity index is 3.61. The minimum Gasteiger partial charge on any atom is -0.727 e. The van der Waals surface area contributed by atoms with Gasteiger partial charge in [-0.2, -0.15) is 0 Å². The summed E-state index contributed by atoms with van der Waals surface area (Å²) < 4.78 is 0. The normalized spacial score (nSPS) is 2.40. The second-order valence-electron chi connectivity index (χ2n) is 0. The first-order chi connectivity index (χ1) is 2.00. The average molecular weight is 273 g/mol. The molecule has 5 heteroatoms. The zero-order chi connectivity index (χ0) is 4.00. The molecule has 2 N–H and O–H groups in total. The predicted molar refractivity (Wildman–Crippen MR) is 11.0 cm³/mol. The molecule has 0 aromatic heterocycles. The summed E-state index contributed by atoms with van der Waals surface area (Å²) in [5, 5.41) is 26.0. The van der Waals surface area contributed by atoms with E-state index in [1.165, 1.54) is 0 Å². The van der Waals surface area contributed by atoms with E-state index in [1.54, 1.807) is 0 Å². The van der Waals surface area contributed by atoms with Gasteiger partial charge < -0.3 is 21.0 Å². The van der Waals surface area contributed by atoms with Crippen molar-refractivity contribution in [1.29, 1.82) is 0 Å². The molecule has 2 radical (unpaired) electrons. The van der Waals surface area contributed by atoms with Crippen LogP contribution in [0.4, 0.5) is 0 Å². The van der Waals surface area contributed by atoms with Crippen LogP contribution in [0.2, 0.25) is 0 Å². The molecule has 0 aliphatic heterocycles. The molecule has 0 fully saturated rings. The van der Waals surface area contributed by atoms with E-state index in [1.807, 2.05) is 0 Å². The zero-order valence-electron chi connectivity index (χ0n) is 2.21. The van der Waals surface area contributed by atoms with E-state index in [-0.39, 0.29) is 27.3 Å². The van der Waals surface area contributed by atoms with Gasteiger partial charge in [-0.15, -0.1) is 0 Å². The number of hydrogen-bond donors (Lipinski definition) is 2. The van der Waals surface area contributed by atoms with E-state index < -0.39 is 0 Å². The van der Waals surface area contributed by atoms with Crippen molar-refractivity contribution >= 4 is 27.3 Å². The maximum Gasteiger partial charge on any atom is 2.00 e. The summed E-state index contributed by atoms with van der Waals surface area (Å²) in [5.41, 5.74) is 0. The average Bonchev–Trinajstić information content (AvgIpc) is 1.50. The Morgan fingerprint density at radius 3 is 0.800 bits per heavy atom. The third-order valence-electron chi connectivity index (χ3n) is 0. The van der Waals surface area contributed by atoms with Crippen molar-refractivity contribution < 1.29 is 21.0 Å². The summed E-state index contributed by atoms with van der Waals surface area (Å²) in [4.78, 5) is 0. The minimum absolute atomic E-state index is 0. The van der Waals surface area contributed by atoms with Crippen LogP contribution in [0, 0.1) is 0 Å². The van der Waals surface area contributed by atoms with Crippen LogP contribution in [0.25, 0.3) is 0 Å². The Kier molecular flexibility index (Phi) is 398. The van der Waals surface area contributed by atoms with Gasteiger partial charge in [0.05, 0.1) is 0 Å². The van der Waals surface area contributed by atoms with Crippen molar-refractivity contribution in [3.63, 3.8) is 0 Å². The first-order valence-electron chi connectivity index (χ1n) is 0.365. The first-order valence-corrected chi connectivity index (χ1v) is 0.365. The third-order valence-corrected chi connectivity index (χ3v) is 0. The van der Waals surface area contributed by atoms with Crippen molar-refractivity contribution in [2.45, 2.75) is 0 Å². The van der Waals surface area contributed by atoms with Gasteiger partial charge in [0.2, 0.25) is 0 Å². The Morgan fingerprint density at radius 1 is 0.800 bits per heavy atom. The molecule has 0 saturated carbocycles. The van der Waals surface area contributed by atoms with Crippen molar-refractivity contribution in [2.24, 2.45) is 0 Å². The van der Waals surface area contributed by atoms with Crippen molar-refractivity contribution in [1.82, 2.24) is 0 Å². The fourth-order valence-electron chi connectivity index (χ4n) is 0. The van der Waals surface area contributed by atoms with Crippen LogP contribution >= 0.6 is 0 Å². The topological polar surface area (TPSA) is 86.6 Å². The van der Waals surface area contributed by atoms with Crippen LogP contribution in [0.1, 0.15) is 0 Å². The van der Waals surface area contributed by atoms with Crippen molar-refractivity contribution in [2.75, 3.05) is 0 Å². The Balaban J connectivity index is -0.0000000133. The van der Waals surface area contributed by atoms with E-state index in [9.17, 15) is 0 Å². The summed E-state index contributed by atoms with van der Waals surface area (Å²) in [6, 6.07) is 0. The van der Waals surface area contributed by atoms with Gasteiger partial charge in [-0.3, -0.25) is 0 Å². The Labute approximate surface area is 48.7 Å². The molecule has 5 heavy (non-hydrogen) atoms. The molecule has 0 aromatic rings. The van der Waals surface area contributed by atoms with E-state index in [2.05, 4.69) is 0 Å². The van der Waals surface area contributed by atoms with Crippen LogP contribution in [0.15, 0.2) is 0 Å². The maximum atomic E-state index is 7.25. The maximum absolute atomic E-state index is 7.25. The number of hydrogen-bond acceptors (Lipinski definition) is 4. The summed E-state index contributed by atoms with van der Waals surface area (Å²) >= 11 is 0. The molecule has 0 aliphatic carbocycles. The zero-order valence-corrected chi connectivity index (χ0v) is 6.10. The van der Waals surface area contributed by atoms with Gasteiger partial charge in [-0.05, 0) is 0 Å². The first kappa shape index (κ1) is 17.1. The van der Waals surface area contributed by atoms with E-state index in [4.69, 9.17) is 21.0 Å². The largest absolute Gasteiger partial charge is 2.00 e. The second kappa shape index (κ2) is 116. The molecule has 0 bridgehead atoms. The van der Waals surface area contributed by atoms with Gasteiger partial charge in [-0.1, -0.05) is 0 Å². The van der Waals surface area contributed by atoms with E-state index in [0.717, 1.165) is 0 Å². The van der Waals surface area contributed by atoms with Gasteiger partial charge in [0, 0.05) is 0 Å². The van der Waals surface area contributed by atoms with Crippen LogP contribution in [0.3, 0.4) is 0 Å². The quantitative estimate of drug-likeness (QED) is 0.285. The summed E-state index contributed by atoms with van der Waals surface area (Å²) in [6.45, 7) is 0. The molecule has 0 aromatic carbocycles. The van der Waals surface area contributed by atoms with E-state index >= 15 is 0 Å². The SMILES string of the molecule is [O-]O.[O-]O.[Pb+2]. The van der Waals surface area contributed by atoms with Crippen LogP contribution < -0.4 is 10.5 Å². The monoisotopic (exact) mass is 274 g/mol. The molecule has 0 amide bonds. The van der Waals surface area contributed by atoms with E-state index in [0.29, 0.717) is 0 Å². The Morgan fingerprint density at radius 2 is 0.800 bits per heavy atom. The molecule has 0 unspecified atom stereocenters. The molecule has 0 atom stereocenters. The molecule has 0 spiro atoms. The molecule has 4 nitrogen and oxygen atoms in total. The molecule has 0 heterocycles. The third kappa shape index (κ3) is 62.6. The molecular weight excluding hydrogens is 271 g/mol. The molecule has 0 rings (SSSR count). The van der Waals surface area contributed by atoms with Crippen molar-refractivity contribution in [3.05, 3.63) is 0 Å². The Hall–Kier alpha value is 0.762. The fourth-order valence-corrected chi connectivity index (χ4v) is 0. The molecule has 0 aliphatic rings. The standard InChI is InChI=1S/2H2O2.Pb/c2*1-2;/h2*1-2H;/q;;+2/p-2. The van der Waals surface area contributed by atoms with Gasteiger partial charge in [-0.25, -0.2) is 0 Å². The summed E-state index contributed by atoms with van der Waals surface area (Å²) in [6.07, 6.45) is 0. The van der Waals surface area contributed by atoms with Crippen LogP contribution in [0.5, 0.6) is 0 Å². The van der Waals surface area contributed by atoms with Gasteiger partial charge in [0.25, 0.3) is 0 Å². The molecule has 0 saturated heterocycles. The smallest absolute Gasteiger partial charge is 0.727 e. The molecular formula is H2O4Pb. The van der Waals surface area contributed by atoms with Gasteiger partial charge in [0.15, 0.2) is 0 Å². The second-order valence-corrected chi connectivity index (χ2v) is 0. The van der Waals surface area contributed by atoms with Crippen LogP contribution in [-0.4, -0.2) is 37.8 Å². The number of rotatable bonds is 0. The minimum atomic E-state index is 0. The molecule has 30 valence electrons. The van der Waals surface area contributed by atoms with Crippen LogP contribution in [-0.2, 0) is 0 Å². The summed E-state index contributed by atoms with van der Waals surface area (Å²) in [5.74, 6) is 0. The summed E-state index contributed by atoms with van der Waals surface area (Å²) in [7, 11) is 0. The fraction of sp³-hybridized carbons (Fsp3) is 0.